The van der Waals surface area contributed by atoms with Crippen molar-refractivity contribution >= 4 is 32.6 Å². The average molecular weight is 489 g/mol. The van der Waals surface area contributed by atoms with Crippen molar-refractivity contribution in [2.45, 2.75) is 0 Å². The standard InChI is InChI=1S/C16H10N2.2CH4O.Pt/c1-3-12-7-5-11-6-8-13-4-2-10-18-16(13)14(11)15(12)17-9-1;2*1-2;/h1-10H;2*2H,1H3;. The number of pyridine rings is 2. The smallest absolute Gasteiger partial charge is 0.0802 e. The van der Waals surface area contributed by atoms with E-state index < -0.39 is 0 Å². The summed E-state index contributed by atoms with van der Waals surface area (Å²) in [6.45, 7) is 0. The fourth-order valence-corrected chi connectivity index (χ4v) is 2.49. The van der Waals surface area contributed by atoms with Crippen LogP contribution >= 0.6 is 0 Å². The fourth-order valence-electron chi connectivity index (χ4n) is 2.49. The molecule has 4 rings (SSSR count). The topological polar surface area (TPSA) is 66.2 Å². The number of aliphatic hydroxyl groups excluding tert-OH is 2. The maximum absolute atomic E-state index is 7.00. The first kappa shape index (κ1) is 19.2. The predicted molar refractivity (Wildman–Crippen MR) is 90.8 cm³/mol. The van der Waals surface area contributed by atoms with Crippen molar-refractivity contribution in [3.63, 3.8) is 0 Å². The quantitative estimate of drug-likeness (QED) is 0.373. The Labute approximate surface area is 149 Å². The first-order valence-electron chi connectivity index (χ1n) is 6.84. The molecule has 0 saturated heterocycles. The number of hydrogen-bond donors (Lipinski definition) is 2. The largest absolute Gasteiger partial charge is 0.400 e. The van der Waals surface area contributed by atoms with E-state index in [4.69, 9.17) is 10.2 Å². The zero-order chi connectivity index (χ0) is 15.9. The zero-order valence-corrected chi connectivity index (χ0v) is 15.2. The van der Waals surface area contributed by atoms with Gasteiger partial charge in [-0.05, 0) is 17.5 Å². The van der Waals surface area contributed by atoms with Gasteiger partial charge in [0.25, 0.3) is 0 Å². The number of aliphatic hydroxyl groups is 2. The molecule has 4 nitrogen and oxygen atoms in total. The Hall–Kier alpha value is -1.87. The Morgan fingerprint density at radius 2 is 1.00 bits per heavy atom. The van der Waals surface area contributed by atoms with E-state index in [1.807, 2.05) is 24.5 Å². The molecule has 5 heteroatoms. The maximum Gasteiger partial charge on any atom is 0.0802 e. The molecule has 0 aliphatic rings. The number of benzene rings is 2. The third kappa shape index (κ3) is 3.73. The van der Waals surface area contributed by atoms with Crippen LogP contribution in [0.4, 0.5) is 0 Å². The van der Waals surface area contributed by atoms with Crippen LogP contribution in [0.5, 0.6) is 0 Å². The Kier molecular flexibility index (Phi) is 7.76. The molecule has 2 N–H and O–H groups in total. The molecule has 0 fully saturated rings. The Morgan fingerprint density at radius 1 is 0.609 bits per heavy atom. The van der Waals surface area contributed by atoms with Crippen molar-refractivity contribution in [2.75, 3.05) is 14.2 Å². The predicted octanol–water partition coefficient (Wildman–Crippen LogP) is 3.15. The van der Waals surface area contributed by atoms with Crippen molar-refractivity contribution in [3.8, 4) is 0 Å². The van der Waals surface area contributed by atoms with Crippen LogP contribution in [-0.4, -0.2) is 34.4 Å². The van der Waals surface area contributed by atoms with Crippen LogP contribution in [0.2, 0.25) is 0 Å². The van der Waals surface area contributed by atoms with Crippen molar-refractivity contribution in [2.24, 2.45) is 0 Å². The van der Waals surface area contributed by atoms with Crippen LogP contribution in [-0.2, 0) is 21.1 Å². The molecule has 2 heterocycles. The van der Waals surface area contributed by atoms with Crippen LogP contribution in [0.25, 0.3) is 32.6 Å². The molecule has 0 atom stereocenters. The van der Waals surface area contributed by atoms with Gasteiger partial charge >= 0.3 is 0 Å². The summed E-state index contributed by atoms with van der Waals surface area (Å²) in [6, 6.07) is 16.6. The number of aromatic nitrogens is 2. The maximum atomic E-state index is 7.00. The molecule has 0 unspecified atom stereocenters. The van der Waals surface area contributed by atoms with Gasteiger partial charge in [-0.1, -0.05) is 36.4 Å². The van der Waals surface area contributed by atoms with Gasteiger partial charge in [0.05, 0.1) is 11.0 Å². The molecule has 4 aromatic rings. The van der Waals surface area contributed by atoms with Gasteiger partial charge in [0.15, 0.2) is 0 Å². The van der Waals surface area contributed by atoms with E-state index in [-0.39, 0.29) is 21.1 Å². The second kappa shape index (κ2) is 9.31. The monoisotopic (exact) mass is 489 g/mol. The van der Waals surface area contributed by atoms with Crippen LogP contribution in [0.1, 0.15) is 0 Å². The van der Waals surface area contributed by atoms with Gasteiger partial charge in [-0.15, -0.1) is 0 Å². The number of rotatable bonds is 0. The molecule has 0 aliphatic carbocycles. The van der Waals surface area contributed by atoms with E-state index in [1.54, 1.807) is 0 Å². The minimum atomic E-state index is 0. The third-order valence-corrected chi connectivity index (χ3v) is 3.33. The normalized spacial score (nSPS) is 9.39. The molecule has 23 heavy (non-hydrogen) atoms. The summed E-state index contributed by atoms with van der Waals surface area (Å²) in [5.74, 6) is 0. The molecule has 2 aromatic heterocycles. The molecule has 0 radical (unpaired) electrons. The van der Waals surface area contributed by atoms with E-state index in [2.05, 4.69) is 46.4 Å². The second-order valence-electron chi connectivity index (χ2n) is 4.38. The van der Waals surface area contributed by atoms with Gasteiger partial charge in [0.2, 0.25) is 0 Å². The van der Waals surface area contributed by atoms with Gasteiger partial charge < -0.3 is 10.2 Å². The van der Waals surface area contributed by atoms with E-state index in [0.29, 0.717) is 0 Å². The van der Waals surface area contributed by atoms with Crippen molar-refractivity contribution in [1.82, 2.24) is 9.97 Å². The Bertz CT molecular complexity index is 827. The van der Waals surface area contributed by atoms with Crippen molar-refractivity contribution < 1.29 is 31.3 Å². The Morgan fingerprint density at radius 3 is 1.43 bits per heavy atom. The summed E-state index contributed by atoms with van der Waals surface area (Å²) in [4.78, 5) is 9.04. The minimum Gasteiger partial charge on any atom is -0.400 e. The molecular weight excluding hydrogens is 471 g/mol. The summed E-state index contributed by atoms with van der Waals surface area (Å²) in [5, 5.41) is 18.6. The summed E-state index contributed by atoms with van der Waals surface area (Å²) in [7, 11) is 2.00. The Balaban J connectivity index is 0.000000494. The fraction of sp³-hybridized carbons (Fsp3) is 0.111. The molecule has 0 aliphatic heterocycles. The number of hydrogen-bond acceptors (Lipinski definition) is 4. The van der Waals surface area contributed by atoms with Crippen LogP contribution < -0.4 is 0 Å². The van der Waals surface area contributed by atoms with Gasteiger partial charge in [0, 0.05) is 63.8 Å². The third-order valence-electron chi connectivity index (χ3n) is 3.33. The van der Waals surface area contributed by atoms with E-state index in [1.165, 1.54) is 5.39 Å². The SMILES string of the molecule is CO.CO.[Pt].c1cnc2c(c1)ccc1ccc3cccnc3c12. The van der Waals surface area contributed by atoms with Crippen LogP contribution in [0.15, 0.2) is 60.9 Å². The van der Waals surface area contributed by atoms with Crippen molar-refractivity contribution in [3.05, 3.63) is 60.9 Å². The number of fused-ring (bicyclic) bond motifs is 5. The summed E-state index contributed by atoms with van der Waals surface area (Å²) < 4.78 is 0. The van der Waals surface area contributed by atoms with E-state index in [9.17, 15) is 0 Å². The second-order valence-corrected chi connectivity index (χ2v) is 4.38. The summed E-state index contributed by atoms with van der Waals surface area (Å²) >= 11 is 0. The molecular formula is C18H18N2O2Pt. The average Bonchev–Trinajstić information content (AvgIpc) is 2.64. The van der Waals surface area contributed by atoms with Gasteiger partial charge in [-0.25, -0.2) is 0 Å². The molecule has 0 bridgehead atoms. The molecule has 0 spiro atoms. The van der Waals surface area contributed by atoms with E-state index >= 15 is 0 Å². The molecule has 0 amide bonds. The van der Waals surface area contributed by atoms with Gasteiger partial charge in [0.1, 0.15) is 0 Å². The van der Waals surface area contributed by atoms with Crippen LogP contribution in [0, 0.1) is 0 Å². The summed E-state index contributed by atoms with van der Waals surface area (Å²) in [5.41, 5.74) is 2.05. The summed E-state index contributed by atoms with van der Waals surface area (Å²) in [6.07, 6.45) is 3.67. The molecule has 0 saturated carbocycles. The minimum absolute atomic E-state index is 0. The van der Waals surface area contributed by atoms with Gasteiger partial charge in [-0.3, -0.25) is 9.97 Å². The van der Waals surface area contributed by atoms with Crippen molar-refractivity contribution in [1.29, 1.82) is 0 Å². The number of nitrogens with zero attached hydrogens (tertiary/aromatic N) is 2. The van der Waals surface area contributed by atoms with Gasteiger partial charge in [-0.2, -0.15) is 0 Å². The first-order chi connectivity index (χ1) is 10.9. The van der Waals surface area contributed by atoms with E-state index in [0.717, 1.165) is 41.4 Å². The molecule has 122 valence electrons. The van der Waals surface area contributed by atoms with Crippen LogP contribution in [0.3, 0.4) is 0 Å². The molecule has 2 aromatic carbocycles. The first-order valence-corrected chi connectivity index (χ1v) is 6.84. The zero-order valence-electron chi connectivity index (χ0n) is 12.9.